The number of hydrogen-bond donors (Lipinski definition) is 1. The van der Waals surface area contributed by atoms with E-state index in [-0.39, 0.29) is 18.3 Å². The number of piperidine rings is 1. The minimum atomic E-state index is -1.04. The smallest absolute Gasteiger partial charge is 0.335 e. The van der Waals surface area contributed by atoms with Crippen LogP contribution in [0.25, 0.3) is 11.0 Å². The second-order valence-corrected chi connectivity index (χ2v) is 14.5. The van der Waals surface area contributed by atoms with Crippen molar-refractivity contribution in [3.8, 4) is 17.7 Å². The third kappa shape index (κ3) is 13.9. The van der Waals surface area contributed by atoms with Gasteiger partial charge in [0.05, 0.1) is 115 Å². The van der Waals surface area contributed by atoms with Crippen molar-refractivity contribution in [2.75, 3.05) is 106 Å². The number of benzene rings is 2. The molecule has 60 heavy (non-hydrogen) atoms. The number of nitriles is 1. The molecule has 2 fully saturated rings. The topological polar surface area (TPSA) is 178 Å². The fraction of sp³-hybridized carbons (Fsp3) is 0.545. The van der Waals surface area contributed by atoms with Gasteiger partial charge in [-0.3, -0.25) is 4.90 Å². The molecule has 0 radical (unpaired) electrons. The summed E-state index contributed by atoms with van der Waals surface area (Å²) in [7, 11) is 1.64. The molecule has 16 nitrogen and oxygen atoms in total. The molecule has 4 aromatic rings. The average molecular weight is 832 g/mol. The first-order valence-corrected chi connectivity index (χ1v) is 20.7. The molecule has 2 saturated heterocycles. The van der Waals surface area contributed by atoms with E-state index in [1.165, 1.54) is 6.07 Å². The van der Waals surface area contributed by atoms with Crippen LogP contribution in [0.4, 0.5) is 0 Å². The Morgan fingerprint density at radius 3 is 2.03 bits per heavy atom. The Bertz CT molecular complexity index is 1940. The van der Waals surface area contributed by atoms with E-state index in [1.807, 2.05) is 24.3 Å². The lowest BCUT2D eigenvalue weighted by atomic mass is 9.93. The number of methoxy groups -OCH3 is 1. The van der Waals surface area contributed by atoms with Crippen LogP contribution in [0, 0.1) is 11.3 Å². The molecule has 1 N–H and O–H groups in total. The first kappa shape index (κ1) is 44.8. The third-order valence-corrected chi connectivity index (χ3v) is 10.3. The van der Waals surface area contributed by atoms with Gasteiger partial charge in [-0.05, 0) is 68.2 Å². The Morgan fingerprint density at radius 2 is 1.45 bits per heavy atom. The van der Waals surface area contributed by atoms with Crippen LogP contribution in [-0.4, -0.2) is 143 Å². The third-order valence-electron chi connectivity index (χ3n) is 10.3. The summed E-state index contributed by atoms with van der Waals surface area (Å²) < 4.78 is 52.6. The fourth-order valence-electron chi connectivity index (χ4n) is 6.92. The lowest BCUT2D eigenvalue weighted by Crippen LogP contribution is -2.35. The highest BCUT2D eigenvalue weighted by Gasteiger charge is 2.27. The van der Waals surface area contributed by atoms with Crippen molar-refractivity contribution in [1.29, 1.82) is 5.26 Å². The summed E-state index contributed by atoms with van der Waals surface area (Å²) in [5.41, 5.74) is 4.07. The van der Waals surface area contributed by atoms with E-state index in [1.54, 1.807) is 25.3 Å². The maximum absolute atomic E-state index is 12.3. The lowest BCUT2D eigenvalue weighted by Gasteiger charge is -2.32. The normalized spacial score (nSPS) is 15.8. The van der Waals surface area contributed by atoms with Gasteiger partial charge in [-0.2, -0.15) is 5.26 Å². The minimum Gasteiger partial charge on any atom is -0.489 e. The van der Waals surface area contributed by atoms with Crippen LogP contribution in [0.3, 0.4) is 0 Å². The van der Waals surface area contributed by atoms with Crippen molar-refractivity contribution in [2.45, 2.75) is 51.0 Å². The molecule has 0 aliphatic carbocycles. The predicted octanol–water partition coefficient (Wildman–Crippen LogP) is 4.86. The van der Waals surface area contributed by atoms with Crippen LogP contribution in [0.1, 0.15) is 58.2 Å². The summed E-state index contributed by atoms with van der Waals surface area (Å²) in [6.45, 7) is 9.31. The highest BCUT2D eigenvalue weighted by molar-refractivity contribution is 5.95. The summed E-state index contributed by atoms with van der Waals surface area (Å²) in [4.78, 5) is 24.6. The molecule has 2 aromatic heterocycles. The number of hydrogen-bond acceptors (Lipinski definition) is 14. The predicted molar refractivity (Wildman–Crippen MR) is 219 cm³/mol. The number of pyridine rings is 1. The second-order valence-electron chi connectivity index (χ2n) is 14.5. The number of carboxylic acids is 1. The monoisotopic (exact) mass is 831 g/mol. The Morgan fingerprint density at radius 1 is 0.817 bits per heavy atom. The molecule has 6 rings (SSSR count). The largest absolute Gasteiger partial charge is 0.489 e. The molecule has 0 unspecified atom stereocenters. The van der Waals surface area contributed by atoms with E-state index >= 15 is 0 Å². The van der Waals surface area contributed by atoms with Gasteiger partial charge < -0.3 is 52.3 Å². The summed E-state index contributed by atoms with van der Waals surface area (Å²) in [6.07, 6.45) is 2.83. The quantitative estimate of drug-likeness (QED) is 0.0768. The molecule has 0 bridgehead atoms. The van der Waals surface area contributed by atoms with Crippen molar-refractivity contribution in [2.24, 2.45) is 0 Å². The van der Waals surface area contributed by atoms with Crippen molar-refractivity contribution < 1.29 is 52.5 Å². The molecule has 2 aromatic carbocycles. The number of aromatic carboxylic acids is 1. The zero-order valence-corrected chi connectivity index (χ0v) is 34.5. The number of aromatic nitrogens is 3. The molecule has 0 saturated carbocycles. The zero-order chi connectivity index (χ0) is 41.8. The van der Waals surface area contributed by atoms with Gasteiger partial charge in [0.1, 0.15) is 30.3 Å². The Kier molecular flexibility index (Phi) is 18.3. The Hall–Kier alpha value is -4.70. The van der Waals surface area contributed by atoms with Crippen LogP contribution >= 0.6 is 0 Å². The maximum atomic E-state index is 12.3. The molecule has 0 amide bonds. The van der Waals surface area contributed by atoms with Gasteiger partial charge >= 0.3 is 5.97 Å². The number of ether oxygens (including phenoxy) is 9. The highest BCUT2D eigenvalue weighted by atomic mass is 16.6. The standard InChI is InChI=1S/C44H57N5O11/c1-52-15-16-53-17-18-54-19-20-55-21-22-56-23-24-57-25-26-59-40-28-36(44(50)51)27-39-43(40)47-41(49(39)30-37-11-14-58-37)31-48-12-9-35(10-13-48)38-3-2-4-42(46-38)60-32-34-7-5-33(29-45)6-8-34/h2-8,27-28,35,37H,9-26,30-32H2,1H3,(H,50,51)/t37-/m0/s1. The molecule has 324 valence electrons. The number of carboxylic acid groups (broad SMARTS) is 1. The van der Waals surface area contributed by atoms with Crippen LogP contribution < -0.4 is 9.47 Å². The molecule has 2 aliphatic rings. The van der Waals surface area contributed by atoms with Crippen LogP contribution in [0.2, 0.25) is 0 Å². The van der Waals surface area contributed by atoms with Gasteiger partial charge in [0, 0.05) is 31.4 Å². The molecule has 16 heteroatoms. The van der Waals surface area contributed by atoms with Crippen molar-refractivity contribution >= 4 is 17.0 Å². The molecular formula is C44H57N5O11. The summed E-state index contributed by atoms with van der Waals surface area (Å²) in [5, 5.41) is 19.1. The van der Waals surface area contributed by atoms with E-state index in [4.69, 9.17) is 57.9 Å². The lowest BCUT2D eigenvalue weighted by molar-refractivity contribution is -0.0592. The van der Waals surface area contributed by atoms with E-state index in [9.17, 15) is 9.90 Å². The Labute approximate surface area is 351 Å². The first-order valence-electron chi connectivity index (χ1n) is 20.7. The molecule has 4 heterocycles. The number of imidazole rings is 1. The van der Waals surface area contributed by atoms with Crippen LogP contribution in [0.15, 0.2) is 54.6 Å². The minimum absolute atomic E-state index is 0.0420. The highest BCUT2D eigenvalue weighted by Crippen LogP contribution is 2.33. The van der Waals surface area contributed by atoms with Crippen molar-refractivity contribution in [1.82, 2.24) is 19.4 Å². The molecule has 1 atom stereocenters. The van der Waals surface area contributed by atoms with Gasteiger partial charge in [0.25, 0.3) is 0 Å². The number of rotatable bonds is 28. The number of likely N-dealkylation sites (tertiary alicyclic amines) is 1. The molecule has 2 aliphatic heterocycles. The van der Waals surface area contributed by atoms with Gasteiger partial charge in [0.15, 0.2) is 0 Å². The van der Waals surface area contributed by atoms with E-state index < -0.39 is 5.97 Å². The number of nitrogens with zero attached hydrogens (tertiary/aromatic N) is 5. The average Bonchev–Trinajstić information content (AvgIpc) is 3.60. The van der Waals surface area contributed by atoms with E-state index in [2.05, 4.69) is 21.6 Å². The van der Waals surface area contributed by atoms with Gasteiger partial charge in [-0.25, -0.2) is 14.8 Å². The molecular weight excluding hydrogens is 775 g/mol. The number of fused-ring (bicyclic) bond motifs is 1. The molecule has 0 spiro atoms. The summed E-state index contributed by atoms with van der Waals surface area (Å²) >= 11 is 0. The van der Waals surface area contributed by atoms with Crippen LogP contribution in [-0.2, 0) is 52.9 Å². The SMILES string of the molecule is COCCOCCOCCOCCOCCOCCOc1cc(C(=O)O)cc2c1nc(CN1CCC(c3cccc(OCc4ccc(C#N)cc4)n3)CC1)n2C[C@@H]1CCO1. The van der Waals surface area contributed by atoms with Gasteiger partial charge in [-0.15, -0.1) is 0 Å². The van der Waals surface area contributed by atoms with Crippen molar-refractivity contribution in [3.05, 3.63) is 82.8 Å². The second kappa shape index (κ2) is 24.5. The Balaban J connectivity index is 0.963. The van der Waals surface area contributed by atoms with Gasteiger partial charge in [-0.1, -0.05) is 18.2 Å². The van der Waals surface area contributed by atoms with Crippen LogP contribution in [0.5, 0.6) is 11.6 Å². The fourth-order valence-corrected chi connectivity index (χ4v) is 6.92. The summed E-state index contributed by atoms with van der Waals surface area (Å²) in [6, 6.07) is 18.6. The first-order chi connectivity index (χ1) is 29.5. The van der Waals surface area contributed by atoms with Crippen molar-refractivity contribution in [3.63, 3.8) is 0 Å². The maximum Gasteiger partial charge on any atom is 0.335 e. The van der Waals surface area contributed by atoms with Gasteiger partial charge in [0.2, 0.25) is 5.88 Å². The number of carbonyl (C=O) groups is 1. The summed E-state index contributed by atoms with van der Waals surface area (Å²) in [5.74, 6) is 1.09. The van der Waals surface area contributed by atoms with E-state index in [0.717, 1.165) is 49.4 Å². The zero-order valence-electron chi connectivity index (χ0n) is 34.5. The van der Waals surface area contributed by atoms with E-state index in [0.29, 0.717) is 133 Å².